The molecule has 4 rings (SSSR count). The Bertz CT molecular complexity index is 1210. The SMILES string of the molecule is CCCCN(CC(O)COc1ccc2ccccc2c1)CC(O)COc1cccc2ccccc12. The maximum atomic E-state index is 10.7. The van der Waals surface area contributed by atoms with Gasteiger partial charge in [-0.3, -0.25) is 4.90 Å². The lowest BCUT2D eigenvalue weighted by atomic mass is 10.1. The van der Waals surface area contributed by atoms with Gasteiger partial charge in [-0.1, -0.05) is 80.1 Å². The van der Waals surface area contributed by atoms with Gasteiger partial charge in [-0.15, -0.1) is 0 Å². The molecule has 0 heterocycles. The summed E-state index contributed by atoms with van der Waals surface area (Å²) in [7, 11) is 0. The van der Waals surface area contributed by atoms with Crippen molar-refractivity contribution in [2.75, 3.05) is 32.8 Å². The van der Waals surface area contributed by atoms with E-state index in [0.717, 1.165) is 52.4 Å². The van der Waals surface area contributed by atoms with Crippen LogP contribution in [0.4, 0.5) is 0 Å². The average molecular weight is 474 g/mol. The van der Waals surface area contributed by atoms with Gasteiger partial charge in [-0.25, -0.2) is 0 Å². The Morgan fingerprint density at radius 2 is 1.37 bits per heavy atom. The van der Waals surface area contributed by atoms with E-state index in [0.29, 0.717) is 13.1 Å². The maximum absolute atomic E-state index is 10.7. The number of rotatable bonds is 13. The molecule has 5 heteroatoms. The number of fused-ring (bicyclic) bond motifs is 2. The van der Waals surface area contributed by atoms with Crippen LogP contribution < -0.4 is 9.47 Å². The molecule has 4 aromatic rings. The van der Waals surface area contributed by atoms with E-state index < -0.39 is 12.2 Å². The quantitative estimate of drug-likeness (QED) is 0.277. The molecule has 0 saturated heterocycles. The van der Waals surface area contributed by atoms with Gasteiger partial charge in [0, 0.05) is 18.5 Å². The molecule has 184 valence electrons. The molecular weight excluding hydrogens is 438 g/mol. The fraction of sp³-hybridized carbons (Fsp3) is 0.333. The Morgan fingerprint density at radius 1 is 0.714 bits per heavy atom. The van der Waals surface area contributed by atoms with Gasteiger partial charge >= 0.3 is 0 Å². The zero-order valence-electron chi connectivity index (χ0n) is 20.3. The van der Waals surface area contributed by atoms with Crippen molar-refractivity contribution in [2.45, 2.75) is 32.0 Å². The summed E-state index contributed by atoms with van der Waals surface area (Å²) in [5.74, 6) is 1.51. The number of hydrogen-bond acceptors (Lipinski definition) is 5. The zero-order valence-corrected chi connectivity index (χ0v) is 20.3. The average Bonchev–Trinajstić information content (AvgIpc) is 2.89. The van der Waals surface area contributed by atoms with Crippen LogP contribution in [0.25, 0.3) is 21.5 Å². The third-order valence-corrected chi connectivity index (χ3v) is 6.11. The summed E-state index contributed by atoms with van der Waals surface area (Å²) in [4.78, 5) is 2.09. The summed E-state index contributed by atoms with van der Waals surface area (Å²) in [5, 5.41) is 25.8. The van der Waals surface area contributed by atoms with E-state index in [2.05, 4.69) is 17.9 Å². The van der Waals surface area contributed by atoms with Crippen molar-refractivity contribution in [1.82, 2.24) is 4.90 Å². The Kier molecular flexibility index (Phi) is 8.96. The fourth-order valence-corrected chi connectivity index (χ4v) is 4.30. The fourth-order valence-electron chi connectivity index (χ4n) is 4.30. The first-order valence-electron chi connectivity index (χ1n) is 12.4. The van der Waals surface area contributed by atoms with Crippen molar-refractivity contribution >= 4 is 21.5 Å². The molecule has 2 N–H and O–H groups in total. The van der Waals surface area contributed by atoms with Gasteiger partial charge in [0.1, 0.15) is 36.9 Å². The first-order chi connectivity index (χ1) is 17.1. The first kappa shape index (κ1) is 25.0. The lowest BCUT2D eigenvalue weighted by Crippen LogP contribution is -2.42. The number of hydrogen-bond donors (Lipinski definition) is 2. The van der Waals surface area contributed by atoms with Crippen molar-refractivity contribution in [2.24, 2.45) is 0 Å². The van der Waals surface area contributed by atoms with Crippen LogP contribution in [0.5, 0.6) is 11.5 Å². The van der Waals surface area contributed by atoms with Gasteiger partial charge < -0.3 is 19.7 Å². The third-order valence-electron chi connectivity index (χ3n) is 6.11. The largest absolute Gasteiger partial charge is 0.491 e. The Labute approximate surface area is 207 Å². The predicted octanol–water partition coefficient (Wildman–Crippen LogP) is 5.27. The summed E-state index contributed by atoms with van der Waals surface area (Å²) in [6.45, 7) is 4.19. The van der Waals surface area contributed by atoms with Gasteiger partial charge in [0.05, 0.1) is 0 Å². The highest BCUT2D eigenvalue weighted by Crippen LogP contribution is 2.25. The van der Waals surface area contributed by atoms with E-state index in [1.807, 2.05) is 78.9 Å². The van der Waals surface area contributed by atoms with Crippen molar-refractivity contribution in [1.29, 1.82) is 0 Å². The number of nitrogens with zero attached hydrogens (tertiary/aromatic N) is 1. The highest BCUT2D eigenvalue weighted by atomic mass is 16.5. The summed E-state index contributed by atoms with van der Waals surface area (Å²) in [6, 6.07) is 28.1. The number of unbranched alkanes of at least 4 members (excludes halogenated alkanes) is 1. The molecule has 2 atom stereocenters. The summed E-state index contributed by atoms with van der Waals surface area (Å²) < 4.78 is 11.8. The highest BCUT2D eigenvalue weighted by Gasteiger charge is 2.17. The smallest absolute Gasteiger partial charge is 0.127 e. The number of ether oxygens (including phenoxy) is 2. The second-order valence-electron chi connectivity index (χ2n) is 9.03. The van der Waals surface area contributed by atoms with Crippen molar-refractivity contribution < 1.29 is 19.7 Å². The molecule has 0 spiro atoms. The van der Waals surface area contributed by atoms with E-state index in [1.165, 1.54) is 0 Å². The van der Waals surface area contributed by atoms with Crippen molar-refractivity contribution in [3.8, 4) is 11.5 Å². The molecule has 4 aromatic carbocycles. The van der Waals surface area contributed by atoms with Crippen molar-refractivity contribution in [3.05, 3.63) is 84.9 Å². The Hall–Kier alpha value is -3.12. The van der Waals surface area contributed by atoms with E-state index in [9.17, 15) is 10.2 Å². The molecule has 5 nitrogen and oxygen atoms in total. The normalized spacial score (nSPS) is 13.3. The van der Waals surface area contributed by atoms with Gasteiger partial charge in [0.2, 0.25) is 0 Å². The molecule has 0 aromatic heterocycles. The minimum Gasteiger partial charge on any atom is -0.491 e. The lowest BCUT2D eigenvalue weighted by molar-refractivity contribution is 0.0311. The van der Waals surface area contributed by atoms with E-state index in [4.69, 9.17) is 9.47 Å². The molecule has 0 aliphatic heterocycles. The second-order valence-corrected chi connectivity index (χ2v) is 9.03. The highest BCUT2D eigenvalue weighted by molar-refractivity contribution is 5.88. The molecule has 0 radical (unpaired) electrons. The Balaban J connectivity index is 1.29. The molecule has 0 amide bonds. The number of benzene rings is 4. The molecule has 0 saturated carbocycles. The van der Waals surface area contributed by atoms with Crippen LogP contribution in [-0.2, 0) is 0 Å². The topological polar surface area (TPSA) is 62.2 Å². The van der Waals surface area contributed by atoms with Crippen LogP contribution in [0.1, 0.15) is 19.8 Å². The lowest BCUT2D eigenvalue weighted by Gasteiger charge is -2.27. The minimum absolute atomic E-state index is 0.195. The predicted molar refractivity (Wildman–Crippen MR) is 142 cm³/mol. The molecule has 0 fully saturated rings. The van der Waals surface area contributed by atoms with E-state index >= 15 is 0 Å². The molecule has 0 aliphatic rings. The molecule has 0 aliphatic carbocycles. The summed E-state index contributed by atoms with van der Waals surface area (Å²) in [5.41, 5.74) is 0. The number of aliphatic hydroxyl groups is 2. The molecular formula is C30H35NO4. The van der Waals surface area contributed by atoms with Gasteiger partial charge in [0.15, 0.2) is 0 Å². The summed E-state index contributed by atoms with van der Waals surface area (Å²) >= 11 is 0. The van der Waals surface area contributed by atoms with Gasteiger partial charge in [0.25, 0.3) is 0 Å². The Morgan fingerprint density at radius 3 is 2.14 bits per heavy atom. The maximum Gasteiger partial charge on any atom is 0.127 e. The van der Waals surface area contributed by atoms with Gasteiger partial charge in [-0.05, 0) is 47.3 Å². The van der Waals surface area contributed by atoms with Crippen molar-refractivity contribution in [3.63, 3.8) is 0 Å². The van der Waals surface area contributed by atoms with Gasteiger partial charge in [-0.2, -0.15) is 0 Å². The van der Waals surface area contributed by atoms with Crippen LogP contribution in [0.2, 0.25) is 0 Å². The molecule has 2 unspecified atom stereocenters. The van der Waals surface area contributed by atoms with Crippen LogP contribution >= 0.6 is 0 Å². The molecule has 0 bridgehead atoms. The number of aliphatic hydroxyl groups excluding tert-OH is 2. The molecule has 35 heavy (non-hydrogen) atoms. The standard InChI is InChI=1S/C30H35NO4/c1-2-3-17-31(19-26(32)21-34-28-16-15-23-9-4-5-11-25(23)18-28)20-27(33)22-35-30-14-8-12-24-10-6-7-13-29(24)30/h4-16,18,26-27,32-33H,2-3,17,19-22H2,1H3. The van der Waals surface area contributed by atoms with Crippen LogP contribution in [-0.4, -0.2) is 60.2 Å². The monoisotopic (exact) mass is 473 g/mol. The zero-order chi connectivity index (χ0) is 24.5. The van der Waals surface area contributed by atoms with Crippen LogP contribution in [0, 0.1) is 0 Å². The van der Waals surface area contributed by atoms with E-state index in [1.54, 1.807) is 0 Å². The third kappa shape index (κ3) is 7.18. The van der Waals surface area contributed by atoms with E-state index in [-0.39, 0.29) is 13.2 Å². The minimum atomic E-state index is -0.667. The van der Waals surface area contributed by atoms with Crippen LogP contribution in [0.3, 0.4) is 0 Å². The second kappa shape index (κ2) is 12.5. The summed E-state index contributed by atoms with van der Waals surface area (Å²) in [6.07, 6.45) is 0.710. The van der Waals surface area contributed by atoms with Crippen LogP contribution in [0.15, 0.2) is 84.9 Å². The first-order valence-corrected chi connectivity index (χ1v) is 12.4.